The van der Waals surface area contributed by atoms with Gasteiger partial charge >= 0.3 is 0 Å². The van der Waals surface area contributed by atoms with Crippen molar-refractivity contribution < 1.29 is 18.7 Å². The highest BCUT2D eigenvalue weighted by Gasteiger charge is 2.39. The quantitative estimate of drug-likeness (QED) is 0.715. The predicted octanol–water partition coefficient (Wildman–Crippen LogP) is 3.22. The zero-order valence-electron chi connectivity index (χ0n) is 17.6. The Balaban J connectivity index is 1.37. The first-order chi connectivity index (χ1) is 15.0. The number of nitrogens with one attached hydrogen (secondary N) is 2. The second-order valence-electron chi connectivity index (χ2n) is 8.31. The summed E-state index contributed by atoms with van der Waals surface area (Å²) in [5.74, 6) is 0.125. The normalized spacial score (nSPS) is 21.9. The van der Waals surface area contributed by atoms with Crippen LogP contribution in [-0.4, -0.2) is 49.6 Å². The van der Waals surface area contributed by atoms with Crippen molar-refractivity contribution in [1.29, 1.82) is 0 Å². The molecule has 2 N–H and O–H groups in total. The van der Waals surface area contributed by atoms with Gasteiger partial charge in [-0.25, -0.2) is 4.39 Å². The fraction of sp³-hybridized carbons (Fsp3) is 0.417. The van der Waals surface area contributed by atoms with Crippen molar-refractivity contribution in [3.8, 4) is 0 Å². The third kappa shape index (κ3) is 5.48. The molecule has 2 aromatic carbocycles. The lowest BCUT2D eigenvalue weighted by atomic mass is 10.0. The Labute approximate surface area is 181 Å². The summed E-state index contributed by atoms with van der Waals surface area (Å²) in [6.45, 7) is 5.26. The first-order valence-electron chi connectivity index (χ1n) is 10.8. The first kappa shape index (κ1) is 21.5. The molecule has 6 nitrogen and oxygen atoms in total. The fourth-order valence-corrected chi connectivity index (χ4v) is 3.95. The second kappa shape index (κ2) is 9.58. The number of benzene rings is 2. The number of carbonyl (C=O) groups excluding carboxylic acids is 2. The third-order valence-corrected chi connectivity index (χ3v) is 6.06. The van der Waals surface area contributed by atoms with E-state index in [-0.39, 0.29) is 29.6 Å². The van der Waals surface area contributed by atoms with Crippen LogP contribution in [0.2, 0.25) is 0 Å². The van der Waals surface area contributed by atoms with Gasteiger partial charge in [-0.3, -0.25) is 14.5 Å². The molecule has 2 aromatic rings. The molecule has 3 unspecified atom stereocenters. The molecule has 1 saturated heterocycles. The zero-order valence-corrected chi connectivity index (χ0v) is 17.6. The molecule has 0 radical (unpaired) electrons. The molecule has 0 spiro atoms. The van der Waals surface area contributed by atoms with Gasteiger partial charge < -0.3 is 15.4 Å². The Morgan fingerprint density at radius 1 is 1.10 bits per heavy atom. The van der Waals surface area contributed by atoms with Crippen LogP contribution >= 0.6 is 0 Å². The number of nitrogens with zero attached hydrogens (tertiary/aromatic N) is 1. The van der Waals surface area contributed by atoms with Crippen LogP contribution in [0.25, 0.3) is 0 Å². The van der Waals surface area contributed by atoms with Crippen LogP contribution in [0.4, 0.5) is 10.1 Å². The number of carbonyl (C=O) groups is 2. The molecular weight excluding hydrogens is 397 g/mol. The molecule has 3 atom stereocenters. The Hall–Kier alpha value is -2.77. The van der Waals surface area contributed by atoms with Gasteiger partial charge in [0, 0.05) is 36.8 Å². The van der Waals surface area contributed by atoms with E-state index >= 15 is 0 Å². The Morgan fingerprint density at radius 3 is 2.35 bits per heavy atom. The van der Waals surface area contributed by atoms with Gasteiger partial charge in [0.15, 0.2) is 0 Å². The highest BCUT2D eigenvalue weighted by atomic mass is 19.1. The van der Waals surface area contributed by atoms with Crippen molar-refractivity contribution in [2.45, 2.75) is 19.4 Å². The van der Waals surface area contributed by atoms with Crippen LogP contribution in [0.15, 0.2) is 48.5 Å². The highest BCUT2D eigenvalue weighted by molar-refractivity contribution is 5.97. The van der Waals surface area contributed by atoms with E-state index in [1.165, 1.54) is 12.1 Å². The smallest absolute Gasteiger partial charge is 0.251 e. The average molecular weight is 426 g/mol. The van der Waals surface area contributed by atoms with Crippen molar-refractivity contribution in [3.05, 3.63) is 65.5 Å². The van der Waals surface area contributed by atoms with Gasteiger partial charge in [0.1, 0.15) is 5.82 Å². The van der Waals surface area contributed by atoms with Crippen LogP contribution in [0.5, 0.6) is 0 Å². The van der Waals surface area contributed by atoms with Crippen molar-refractivity contribution in [2.75, 3.05) is 38.2 Å². The topological polar surface area (TPSA) is 70.7 Å². The van der Waals surface area contributed by atoms with Crippen LogP contribution in [0.1, 0.15) is 35.3 Å². The van der Waals surface area contributed by atoms with Gasteiger partial charge in [-0.1, -0.05) is 19.1 Å². The summed E-state index contributed by atoms with van der Waals surface area (Å²) in [7, 11) is 0. The summed E-state index contributed by atoms with van der Waals surface area (Å²) in [4.78, 5) is 27.0. The largest absolute Gasteiger partial charge is 0.379 e. The van der Waals surface area contributed by atoms with Crippen molar-refractivity contribution in [2.24, 2.45) is 11.8 Å². The monoisotopic (exact) mass is 425 g/mol. The number of hydrogen-bond acceptors (Lipinski definition) is 4. The molecule has 2 aliphatic rings. The van der Waals surface area contributed by atoms with E-state index in [4.69, 9.17) is 4.74 Å². The molecule has 31 heavy (non-hydrogen) atoms. The summed E-state index contributed by atoms with van der Waals surface area (Å²) in [5.41, 5.74) is 2.17. The molecule has 1 aliphatic carbocycles. The van der Waals surface area contributed by atoms with Gasteiger partial charge in [-0.2, -0.15) is 0 Å². The number of hydrogen-bond donors (Lipinski definition) is 2. The van der Waals surface area contributed by atoms with Crippen LogP contribution < -0.4 is 10.6 Å². The summed E-state index contributed by atoms with van der Waals surface area (Å²) in [6, 6.07) is 13.3. The maximum atomic E-state index is 13.4. The van der Waals surface area contributed by atoms with Gasteiger partial charge in [-0.05, 0) is 54.3 Å². The Morgan fingerprint density at radius 2 is 1.74 bits per heavy atom. The SMILES string of the molecule is CC1CC1C(=O)Nc1ccc(C(=O)NCC(c2ccc(F)cc2)N2CCOCC2)cc1. The van der Waals surface area contributed by atoms with Crippen molar-refractivity contribution in [1.82, 2.24) is 10.2 Å². The molecule has 164 valence electrons. The maximum Gasteiger partial charge on any atom is 0.251 e. The summed E-state index contributed by atoms with van der Waals surface area (Å²) in [5, 5.41) is 5.90. The number of amides is 2. The van der Waals surface area contributed by atoms with Crippen LogP contribution in [0.3, 0.4) is 0 Å². The van der Waals surface area contributed by atoms with Gasteiger partial charge in [-0.15, -0.1) is 0 Å². The maximum absolute atomic E-state index is 13.4. The minimum atomic E-state index is -0.281. The molecule has 1 aliphatic heterocycles. The van der Waals surface area contributed by atoms with E-state index in [0.29, 0.717) is 36.9 Å². The number of morpholine rings is 1. The van der Waals surface area contributed by atoms with E-state index in [2.05, 4.69) is 22.5 Å². The first-order valence-corrected chi connectivity index (χ1v) is 10.8. The van der Waals surface area contributed by atoms with E-state index < -0.39 is 0 Å². The second-order valence-corrected chi connectivity index (χ2v) is 8.31. The Kier molecular flexibility index (Phi) is 6.63. The summed E-state index contributed by atoms with van der Waals surface area (Å²) >= 11 is 0. The minimum absolute atomic E-state index is 0.0392. The molecular formula is C24H28FN3O3. The predicted molar refractivity (Wildman–Crippen MR) is 116 cm³/mol. The van der Waals surface area contributed by atoms with Crippen LogP contribution in [0, 0.1) is 17.7 Å². The Bertz CT molecular complexity index is 911. The average Bonchev–Trinajstić information content (AvgIpc) is 3.53. The van der Waals surface area contributed by atoms with E-state index in [0.717, 1.165) is 25.1 Å². The number of halogens is 1. The van der Waals surface area contributed by atoms with Crippen molar-refractivity contribution in [3.63, 3.8) is 0 Å². The molecule has 2 amide bonds. The zero-order chi connectivity index (χ0) is 21.8. The number of anilines is 1. The lowest BCUT2D eigenvalue weighted by Crippen LogP contribution is -2.43. The molecule has 0 aromatic heterocycles. The molecule has 7 heteroatoms. The van der Waals surface area contributed by atoms with E-state index in [9.17, 15) is 14.0 Å². The van der Waals surface area contributed by atoms with Gasteiger partial charge in [0.2, 0.25) is 5.91 Å². The summed E-state index contributed by atoms with van der Waals surface area (Å²) < 4.78 is 18.8. The molecule has 1 heterocycles. The van der Waals surface area contributed by atoms with Gasteiger partial charge in [0.25, 0.3) is 5.91 Å². The number of ether oxygens (including phenoxy) is 1. The number of rotatable bonds is 7. The molecule has 1 saturated carbocycles. The van der Waals surface area contributed by atoms with Gasteiger partial charge in [0.05, 0.1) is 19.3 Å². The van der Waals surface area contributed by atoms with E-state index in [1.807, 2.05) is 0 Å². The lowest BCUT2D eigenvalue weighted by molar-refractivity contribution is -0.117. The molecule has 0 bridgehead atoms. The van der Waals surface area contributed by atoms with E-state index in [1.54, 1.807) is 36.4 Å². The standard InChI is InChI=1S/C24H28FN3O3/c1-16-14-21(16)24(30)27-20-8-4-18(5-9-20)23(29)26-15-22(28-10-12-31-13-11-28)17-2-6-19(25)7-3-17/h2-9,16,21-22H,10-15H2,1H3,(H,26,29)(H,27,30). The molecule has 2 fully saturated rings. The van der Waals surface area contributed by atoms with Crippen molar-refractivity contribution >= 4 is 17.5 Å². The minimum Gasteiger partial charge on any atom is -0.379 e. The van der Waals surface area contributed by atoms with Crippen LogP contribution in [-0.2, 0) is 9.53 Å². The third-order valence-electron chi connectivity index (χ3n) is 6.06. The summed E-state index contributed by atoms with van der Waals surface area (Å²) in [6.07, 6.45) is 0.935. The molecule has 4 rings (SSSR count). The fourth-order valence-electron chi connectivity index (χ4n) is 3.95. The lowest BCUT2D eigenvalue weighted by Gasteiger charge is -2.35. The highest BCUT2D eigenvalue weighted by Crippen LogP contribution is 2.38.